The average molecular weight is 241 g/mol. The van der Waals surface area contributed by atoms with Gasteiger partial charge in [-0.2, -0.15) is 0 Å². The maximum Gasteiger partial charge on any atom is 0.522 e. The number of ether oxygens (including phenoxy) is 1. The number of likely N-dealkylation sites (N-methyl/N-ethyl adjacent to an activating group) is 1. The van der Waals surface area contributed by atoms with Gasteiger partial charge in [0.25, 0.3) is 0 Å². The zero-order valence-corrected chi connectivity index (χ0v) is 10.3. The molecule has 2 nitrogen and oxygen atoms in total. The highest BCUT2D eigenvalue weighted by molar-refractivity contribution is 4.66. The summed E-state index contributed by atoms with van der Waals surface area (Å²) in [7, 11) is 1.85. The molecule has 0 aliphatic carbocycles. The van der Waals surface area contributed by atoms with Crippen molar-refractivity contribution in [2.45, 2.75) is 51.9 Å². The maximum absolute atomic E-state index is 11.8. The average Bonchev–Trinajstić information content (AvgIpc) is 2.17. The van der Waals surface area contributed by atoms with E-state index in [1.165, 1.54) is 0 Å². The van der Waals surface area contributed by atoms with E-state index < -0.39 is 6.36 Å². The Balaban J connectivity index is 3.79. The van der Waals surface area contributed by atoms with Gasteiger partial charge in [-0.3, -0.25) is 4.74 Å². The van der Waals surface area contributed by atoms with Crippen molar-refractivity contribution in [1.29, 1.82) is 0 Å². The van der Waals surface area contributed by atoms with Crippen molar-refractivity contribution in [3.63, 3.8) is 0 Å². The van der Waals surface area contributed by atoms with E-state index in [0.29, 0.717) is 12.6 Å². The minimum Gasteiger partial charge on any atom is -0.301 e. The lowest BCUT2D eigenvalue weighted by molar-refractivity contribution is -0.325. The fourth-order valence-electron chi connectivity index (χ4n) is 1.66. The van der Waals surface area contributed by atoms with Crippen LogP contribution in [0.15, 0.2) is 0 Å². The Hall–Kier alpha value is -0.290. The second-order valence-electron chi connectivity index (χ2n) is 3.98. The lowest BCUT2D eigenvalue weighted by atomic mass is 10.1. The number of hydrogen-bond donors (Lipinski definition) is 0. The monoisotopic (exact) mass is 241 g/mol. The molecule has 1 unspecified atom stereocenters. The van der Waals surface area contributed by atoms with Crippen LogP contribution >= 0.6 is 0 Å². The Morgan fingerprint density at radius 3 is 2.31 bits per heavy atom. The molecule has 0 aromatic rings. The summed E-state index contributed by atoms with van der Waals surface area (Å²) in [5, 5.41) is 0. The van der Waals surface area contributed by atoms with Gasteiger partial charge in [-0.25, -0.2) is 0 Å². The first-order valence-electron chi connectivity index (χ1n) is 5.81. The highest BCUT2D eigenvalue weighted by Crippen LogP contribution is 2.16. The van der Waals surface area contributed by atoms with E-state index in [0.717, 1.165) is 25.7 Å². The van der Waals surface area contributed by atoms with Crippen molar-refractivity contribution >= 4 is 0 Å². The van der Waals surface area contributed by atoms with Crippen molar-refractivity contribution in [2.24, 2.45) is 0 Å². The third kappa shape index (κ3) is 7.93. The molecule has 0 aliphatic rings. The van der Waals surface area contributed by atoms with E-state index in [1.54, 1.807) is 0 Å². The van der Waals surface area contributed by atoms with E-state index in [4.69, 9.17) is 0 Å². The molecule has 0 N–H and O–H groups in total. The molecule has 0 aliphatic heterocycles. The van der Waals surface area contributed by atoms with Crippen molar-refractivity contribution in [3.8, 4) is 0 Å². The Morgan fingerprint density at radius 2 is 1.88 bits per heavy atom. The van der Waals surface area contributed by atoms with Crippen LogP contribution in [-0.2, 0) is 4.74 Å². The Bertz CT molecular complexity index is 173. The molecule has 0 saturated heterocycles. The molecule has 5 heteroatoms. The van der Waals surface area contributed by atoms with E-state index in [1.807, 2.05) is 11.9 Å². The molecule has 98 valence electrons. The third-order valence-electron chi connectivity index (χ3n) is 2.70. The van der Waals surface area contributed by atoms with Crippen LogP contribution in [0.25, 0.3) is 0 Å². The second kappa shape index (κ2) is 7.90. The predicted octanol–water partition coefficient (Wildman–Crippen LogP) is 3.42. The highest BCUT2D eigenvalue weighted by atomic mass is 19.4. The van der Waals surface area contributed by atoms with Crippen LogP contribution in [0, 0.1) is 0 Å². The quantitative estimate of drug-likeness (QED) is 0.645. The second-order valence-corrected chi connectivity index (χ2v) is 3.98. The van der Waals surface area contributed by atoms with Gasteiger partial charge >= 0.3 is 6.36 Å². The van der Waals surface area contributed by atoms with Gasteiger partial charge in [-0.15, -0.1) is 13.2 Å². The molecule has 0 bridgehead atoms. The van der Waals surface area contributed by atoms with E-state index in [9.17, 15) is 13.2 Å². The van der Waals surface area contributed by atoms with Crippen LogP contribution in [0.4, 0.5) is 13.2 Å². The molecular formula is C11H22F3NO. The Kier molecular flexibility index (Phi) is 7.76. The first-order valence-corrected chi connectivity index (χ1v) is 5.81. The molecule has 0 aromatic carbocycles. The van der Waals surface area contributed by atoms with Gasteiger partial charge in [-0.1, -0.05) is 26.7 Å². The number of halogens is 3. The highest BCUT2D eigenvalue weighted by Gasteiger charge is 2.29. The van der Waals surface area contributed by atoms with Gasteiger partial charge in [0.1, 0.15) is 0 Å². The zero-order valence-electron chi connectivity index (χ0n) is 10.3. The summed E-state index contributed by atoms with van der Waals surface area (Å²) in [4.78, 5) is 1.95. The normalized spacial score (nSPS) is 14.4. The largest absolute Gasteiger partial charge is 0.522 e. The van der Waals surface area contributed by atoms with Crippen molar-refractivity contribution < 1.29 is 17.9 Å². The summed E-state index contributed by atoms with van der Waals surface area (Å²) in [6, 6.07) is 0.358. The van der Waals surface area contributed by atoms with Gasteiger partial charge in [0.05, 0.1) is 6.61 Å². The van der Waals surface area contributed by atoms with Crippen LogP contribution in [0.3, 0.4) is 0 Å². The van der Waals surface area contributed by atoms with Gasteiger partial charge < -0.3 is 4.90 Å². The van der Waals surface area contributed by atoms with Gasteiger partial charge in [0.15, 0.2) is 0 Å². The topological polar surface area (TPSA) is 12.5 Å². The van der Waals surface area contributed by atoms with Gasteiger partial charge in [0.2, 0.25) is 0 Å². The van der Waals surface area contributed by atoms with Gasteiger partial charge in [-0.05, 0) is 19.9 Å². The number of unbranched alkanes of at least 4 members (excludes halogenated alkanes) is 1. The molecule has 0 aromatic heterocycles. The summed E-state index contributed by atoms with van der Waals surface area (Å²) in [6.45, 7) is 4.20. The summed E-state index contributed by atoms with van der Waals surface area (Å²) in [6.07, 6.45) is -0.281. The van der Waals surface area contributed by atoms with Crippen LogP contribution < -0.4 is 0 Å². The van der Waals surface area contributed by atoms with Crippen LogP contribution in [-0.4, -0.2) is 37.5 Å². The van der Waals surface area contributed by atoms with E-state index in [-0.39, 0.29) is 6.61 Å². The molecule has 1 atom stereocenters. The summed E-state index contributed by atoms with van der Waals surface area (Å²) < 4.78 is 39.0. The third-order valence-corrected chi connectivity index (χ3v) is 2.70. The lowest BCUT2D eigenvalue weighted by Crippen LogP contribution is -2.35. The molecule has 0 spiro atoms. The summed E-state index contributed by atoms with van der Waals surface area (Å²) in [5.41, 5.74) is 0. The summed E-state index contributed by atoms with van der Waals surface area (Å²) >= 11 is 0. The SMILES string of the molecule is CCCCC(CC)N(C)CCOC(F)(F)F. The van der Waals surface area contributed by atoms with Gasteiger partial charge in [0, 0.05) is 12.6 Å². The predicted molar refractivity (Wildman–Crippen MR) is 58.2 cm³/mol. The van der Waals surface area contributed by atoms with Crippen LogP contribution in [0.2, 0.25) is 0 Å². The first kappa shape index (κ1) is 15.7. The lowest BCUT2D eigenvalue weighted by Gasteiger charge is -2.27. The van der Waals surface area contributed by atoms with E-state index in [2.05, 4.69) is 18.6 Å². The molecule has 0 radical (unpaired) electrons. The number of alkyl halides is 3. The van der Waals surface area contributed by atoms with E-state index >= 15 is 0 Å². The fraction of sp³-hybridized carbons (Fsp3) is 1.00. The van der Waals surface area contributed by atoms with Crippen LogP contribution in [0.1, 0.15) is 39.5 Å². The van der Waals surface area contributed by atoms with Crippen molar-refractivity contribution in [3.05, 3.63) is 0 Å². The summed E-state index contributed by atoms with van der Waals surface area (Å²) in [5.74, 6) is 0. The van der Waals surface area contributed by atoms with Crippen molar-refractivity contribution in [1.82, 2.24) is 4.90 Å². The molecular weight excluding hydrogens is 219 g/mol. The minimum absolute atomic E-state index is 0.289. The molecule has 16 heavy (non-hydrogen) atoms. The molecule has 0 saturated carbocycles. The molecule has 0 amide bonds. The minimum atomic E-state index is -4.51. The van der Waals surface area contributed by atoms with Crippen LogP contribution in [0.5, 0.6) is 0 Å². The number of nitrogens with zero attached hydrogens (tertiary/aromatic N) is 1. The van der Waals surface area contributed by atoms with Crippen molar-refractivity contribution in [2.75, 3.05) is 20.2 Å². The Morgan fingerprint density at radius 1 is 1.25 bits per heavy atom. The Labute approximate surface area is 95.8 Å². The molecule has 0 rings (SSSR count). The maximum atomic E-state index is 11.8. The first-order chi connectivity index (χ1) is 7.40. The number of hydrogen-bond acceptors (Lipinski definition) is 2. The smallest absolute Gasteiger partial charge is 0.301 e. The standard InChI is InChI=1S/C11H22F3NO/c1-4-6-7-10(5-2)15(3)8-9-16-11(12,13)14/h10H,4-9H2,1-3H3. The molecule has 0 fully saturated rings. The molecule has 0 heterocycles. The zero-order chi connectivity index (χ0) is 12.6. The fourth-order valence-corrected chi connectivity index (χ4v) is 1.66. The number of rotatable bonds is 8.